The molecule has 3 aromatic carbocycles. The second kappa shape index (κ2) is 9.92. The molecule has 0 saturated carbocycles. The van der Waals surface area contributed by atoms with Gasteiger partial charge in [-0.05, 0) is 36.4 Å². The van der Waals surface area contributed by atoms with Gasteiger partial charge in [0.15, 0.2) is 6.61 Å². The summed E-state index contributed by atoms with van der Waals surface area (Å²) in [7, 11) is 0. The number of anilines is 1. The predicted molar refractivity (Wildman–Crippen MR) is 109 cm³/mol. The quantitative estimate of drug-likeness (QED) is 0.370. The second-order valence-electron chi connectivity index (χ2n) is 6.50. The van der Waals surface area contributed by atoms with Crippen LogP contribution in [0.5, 0.6) is 17.2 Å². The lowest BCUT2D eigenvalue weighted by Crippen LogP contribution is -2.30. The minimum Gasteiger partial charge on any atom is -0.545 e. The molecule has 0 saturated heterocycles. The van der Waals surface area contributed by atoms with Crippen molar-refractivity contribution in [1.82, 2.24) is 0 Å². The van der Waals surface area contributed by atoms with Gasteiger partial charge in [-0.15, -0.1) is 0 Å². The summed E-state index contributed by atoms with van der Waals surface area (Å²) in [5, 5.41) is 35.5. The van der Waals surface area contributed by atoms with Gasteiger partial charge < -0.3 is 34.6 Å². The Balaban J connectivity index is 1.65. The number of amides is 1. The number of ether oxygens (including phenoxy) is 2. The van der Waals surface area contributed by atoms with E-state index in [2.05, 4.69) is 5.32 Å². The van der Waals surface area contributed by atoms with Gasteiger partial charge in [0.2, 0.25) is 0 Å². The molecule has 1 amide bonds. The van der Waals surface area contributed by atoms with Crippen molar-refractivity contribution < 1.29 is 39.0 Å². The molecule has 0 aliphatic rings. The van der Waals surface area contributed by atoms with Gasteiger partial charge in [0.05, 0.1) is 22.9 Å². The molecule has 33 heavy (non-hydrogen) atoms. The number of nitro groups is 1. The van der Waals surface area contributed by atoms with Crippen molar-refractivity contribution in [2.24, 2.45) is 0 Å². The van der Waals surface area contributed by atoms with E-state index in [0.717, 1.165) is 12.1 Å². The number of hydrogen-bond acceptors (Lipinski definition) is 9. The standard InChI is InChI=1S/C22H16N2O9/c25-20(12-32-15-5-2-4-14(10-15)24(30)31)23-13-3-1-6-16(9-13)33-17-7-8-18(21(26)27)19(11-17)22(28)29/h1-11H,12H2,(H,23,25)(H,26,27)(H,28,29)/p-2. The van der Waals surface area contributed by atoms with Gasteiger partial charge in [0, 0.05) is 28.9 Å². The van der Waals surface area contributed by atoms with Crippen molar-refractivity contribution in [3.8, 4) is 17.2 Å². The zero-order valence-electron chi connectivity index (χ0n) is 16.7. The highest BCUT2D eigenvalue weighted by atomic mass is 16.6. The van der Waals surface area contributed by atoms with Crippen LogP contribution in [0.3, 0.4) is 0 Å². The molecule has 3 aromatic rings. The molecule has 0 fully saturated rings. The monoisotopic (exact) mass is 450 g/mol. The summed E-state index contributed by atoms with van der Waals surface area (Å²) >= 11 is 0. The molecular weight excluding hydrogens is 436 g/mol. The van der Waals surface area contributed by atoms with Crippen LogP contribution in [0.15, 0.2) is 66.7 Å². The van der Waals surface area contributed by atoms with E-state index in [1.807, 2.05) is 0 Å². The van der Waals surface area contributed by atoms with Gasteiger partial charge in [0.25, 0.3) is 11.6 Å². The lowest BCUT2D eigenvalue weighted by molar-refractivity contribution is -0.384. The van der Waals surface area contributed by atoms with Crippen LogP contribution in [0.25, 0.3) is 0 Å². The van der Waals surface area contributed by atoms with Gasteiger partial charge in [-0.1, -0.05) is 12.1 Å². The number of carboxylic acids is 2. The first kappa shape index (κ1) is 22.7. The molecule has 0 atom stereocenters. The minimum atomic E-state index is -1.70. The molecule has 0 aromatic heterocycles. The maximum Gasteiger partial charge on any atom is 0.273 e. The van der Waals surface area contributed by atoms with E-state index in [1.54, 1.807) is 12.1 Å². The number of nitrogens with one attached hydrogen (secondary N) is 1. The van der Waals surface area contributed by atoms with Crippen LogP contribution in [-0.4, -0.2) is 29.4 Å². The van der Waals surface area contributed by atoms with Crippen molar-refractivity contribution in [2.75, 3.05) is 11.9 Å². The van der Waals surface area contributed by atoms with Crippen LogP contribution >= 0.6 is 0 Å². The molecular formula is C22H14N2O9-2. The highest BCUT2D eigenvalue weighted by molar-refractivity contribution is 6.00. The Kier molecular flexibility index (Phi) is 6.84. The Morgan fingerprint density at radius 1 is 0.818 bits per heavy atom. The average Bonchev–Trinajstić information content (AvgIpc) is 2.78. The number of aromatic carboxylic acids is 2. The summed E-state index contributed by atoms with van der Waals surface area (Å²) in [4.78, 5) is 44.5. The number of nitrogens with zero attached hydrogens (tertiary/aromatic N) is 1. The van der Waals surface area contributed by atoms with E-state index < -0.39 is 40.5 Å². The topological polar surface area (TPSA) is 171 Å². The van der Waals surface area contributed by atoms with Crippen LogP contribution in [0.1, 0.15) is 20.7 Å². The van der Waals surface area contributed by atoms with Gasteiger partial charge in [0.1, 0.15) is 17.2 Å². The second-order valence-corrected chi connectivity index (χ2v) is 6.50. The number of carbonyl (C=O) groups excluding carboxylic acids is 3. The van der Waals surface area contributed by atoms with Crippen molar-refractivity contribution in [3.63, 3.8) is 0 Å². The summed E-state index contributed by atoms with van der Waals surface area (Å²) in [6, 6.07) is 14.7. The van der Waals surface area contributed by atoms with Crippen LogP contribution in [0.2, 0.25) is 0 Å². The number of carboxylic acid groups (broad SMARTS) is 2. The van der Waals surface area contributed by atoms with Crippen LogP contribution < -0.4 is 25.0 Å². The summed E-state index contributed by atoms with van der Waals surface area (Å²) in [6.45, 7) is -0.411. The maximum atomic E-state index is 12.2. The third-order valence-corrected chi connectivity index (χ3v) is 4.18. The fourth-order valence-electron chi connectivity index (χ4n) is 2.74. The smallest absolute Gasteiger partial charge is 0.273 e. The molecule has 3 rings (SSSR count). The van der Waals surface area contributed by atoms with E-state index in [-0.39, 0.29) is 22.9 Å². The Hall–Kier alpha value is -4.93. The molecule has 1 N–H and O–H groups in total. The Morgan fingerprint density at radius 2 is 1.48 bits per heavy atom. The summed E-state index contributed by atoms with van der Waals surface area (Å²) < 4.78 is 10.8. The molecule has 0 spiro atoms. The minimum absolute atomic E-state index is 0.0247. The van der Waals surface area contributed by atoms with Gasteiger partial charge >= 0.3 is 0 Å². The third-order valence-electron chi connectivity index (χ3n) is 4.18. The number of hydrogen-bond donors (Lipinski definition) is 1. The Morgan fingerprint density at radius 3 is 2.18 bits per heavy atom. The summed E-state index contributed by atoms with van der Waals surface area (Å²) in [6.07, 6.45) is 0. The van der Waals surface area contributed by atoms with E-state index in [9.17, 15) is 34.7 Å². The number of nitro benzene ring substituents is 1. The lowest BCUT2D eigenvalue weighted by Gasteiger charge is -2.14. The first-order valence-corrected chi connectivity index (χ1v) is 9.24. The largest absolute Gasteiger partial charge is 0.545 e. The highest BCUT2D eigenvalue weighted by Gasteiger charge is 2.10. The molecule has 168 valence electrons. The van der Waals surface area contributed by atoms with E-state index >= 15 is 0 Å². The number of rotatable bonds is 9. The molecule has 0 unspecified atom stereocenters. The van der Waals surface area contributed by atoms with Crippen molar-refractivity contribution >= 4 is 29.2 Å². The van der Waals surface area contributed by atoms with Gasteiger partial charge in [-0.25, -0.2) is 0 Å². The van der Waals surface area contributed by atoms with E-state index in [4.69, 9.17) is 9.47 Å². The van der Waals surface area contributed by atoms with Crippen molar-refractivity contribution in [1.29, 1.82) is 0 Å². The fraction of sp³-hybridized carbons (Fsp3) is 0.0455. The molecule has 11 nitrogen and oxygen atoms in total. The number of non-ortho nitro benzene ring substituents is 1. The summed E-state index contributed by atoms with van der Waals surface area (Å²) in [5.74, 6) is -3.52. The van der Waals surface area contributed by atoms with E-state index in [0.29, 0.717) is 5.69 Å². The number of benzene rings is 3. The first-order valence-electron chi connectivity index (χ1n) is 9.24. The Labute approximate surface area is 186 Å². The summed E-state index contributed by atoms with van der Waals surface area (Å²) in [5.41, 5.74) is -0.999. The highest BCUT2D eigenvalue weighted by Crippen LogP contribution is 2.26. The molecule has 11 heteroatoms. The zero-order chi connectivity index (χ0) is 24.0. The van der Waals surface area contributed by atoms with Gasteiger partial charge in [-0.2, -0.15) is 0 Å². The van der Waals surface area contributed by atoms with Crippen molar-refractivity contribution in [2.45, 2.75) is 0 Å². The molecule has 0 aliphatic carbocycles. The van der Waals surface area contributed by atoms with Crippen LogP contribution in [0.4, 0.5) is 11.4 Å². The number of carbonyl (C=O) groups is 3. The van der Waals surface area contributed by atoms with E-state index in [1.165, 1.54) is 42.5 Å². The maximum absolute atomic E-state index is 12.2. The van der Waals surface area contributed by atoms with Crippen LogP contribution in [0, 0.1) is 10.1 Å². The Bertz CT molecular complexity index is 1240. The third kappa shape index (κ3) is 6.04. The van der Waals surface area contributed by atoms with Gasteiger partial charge in [-0.3, -0.25) is 14.9 Å². The predicted octanol–water partition coefficient (Wildman–Crippen LogP) is 1.13. The molecule has 0 bridgehead atoms. The molecule has 0 radical (unpaired) electrons. The normalized spacial score (nSPS) is 10.2. The molecule has 0 aliphatic heterocycles. The molecule has 0 heterocycles. The zero-order valence-corrected chi connectivity index (χ0v) is 16.7. The first-order chi connectivity index (χ1) is 15.7. The average molecular weight is 450 g/mol. The fourth-order valence-corrected chi connectivity index (χ4v) is 2.74. The SMILES string of the molecule is O=C(COc1cccc([N+](=O)[O-])c1)Nc1cccc(Oc2ccc(C(=O)[O-])c(C(=O)[O-])c2)c1. The lowest BCUT2D eigenvalue weighted by atomic mass is 10.1. The van der Waals surface area contributed by atoms with Crippen LogP contribution in [-0.2, 0) is 4.79 Å². The van der Waals surface area contributed by atoms with Crippen molar-refractivity contribution in [3.05, 3.63) is 88.0 Å².